The summed E-state index contributed by atoms with van der Waals surface area (Å²) in [5.41, 5.74) is -0.492. The number of esters is 1. The van der Waals surface area contributed by atoms with Crippen molar-refractivity contribution < 1.29 is 23.1 Å². The lowest BCUT2D eigenvalue weighted by molar-refractivity contribution is 0.0602. The van der Waals surface area contributed by atoms with Crippen molar-refractivity contribution in [3.8, 4) is 0 Å². The standard InChI is InChI=1S/C13H21NO5S2/c1-4-13(5-2,9-15)8-14-21(17,18)10-6-7-20-11(10)12(16)19-3/h6-7,14-15H,4-5,8-9H2,1-3H3. The second-order valence-electron chi connectivity index (χ2n) is 4.80. The first kappa shape index (κ1) is 18.1. The van der Waals surface area contributed by atoms with Gasteiger partial charge in [0.05, 0.1) is 7.11 Å². The SMILES string of the molecule is CCC(CC)(CO)CNS(=O)(=O)c1ccsc1C(=O)OC. The highest BCUT2D eigenvalue weighted by Gasteiger charge is 2.30. The number of hydrogen-bond donors (Lipinski definition) is 2. The monoisotopic (exact) mass is 335 g/mol. The van der Waals surface area contributed by atoms with Crippen molar-refractivity contribution in [1.82, 2.24) is 4.72 Å². The minimum absolute atomic E-state index is 0.0487. The predicted molar refractivity (Wildman–Crippen MR) is 80.9 cm³/mol. The zero-order valence-electron chi connectivity index (χ0n) is 12.4. The van der Waals surface area contributed by atoms with E-state index in [0.717, 1.165) is 11.3 Å². The maximum Gasteiger partial charge on any atom is 0.349 e. The third-order valence-corrected chi connectivity index (χ3v) is 6.23. The number of thiophene rings is 1. The van der Waals surface area contributed by atoms with Crippen molar-refractivity contribution in [3.63, 3.8) is 0 Å². The van der Waals surface area contributed by atoms with Crippen LogP contribution >= 0.6 is 11.3 Å². The van der Waals surface area contributed by atoms with E-state index >= 15 is 0 Å². The minimum atomic E-state index is -3.82. The van der Waals surface area contributed by atoms with Gasteiger partial charge in [0.25, 0.3) is 0 Å². The summed E-state index contributed by atoms with van der Waals surface area (Å²) < 4.78 is 31.7. The van der Waals surface area contributed by atoms with Crippen LogP contribution in [-0.2, 0) is 14.8 Å². The molecule has 8 heteroatoms. The number of hydrogen-bond acceptors (Lipinski definition) is 6. The molecule has 0 aromatic carbocycles. The molecule has 0 saturated heterocycles. The summed E-state index contributed by atoms with van der Waals surface area (Å²) in [6.07, 6.45) is 1.30. The maximum absolute atomic E-state index is 12.3. The highest BCUT2D eigenvalue weighted by atomic mass is 32.2. The topological polar surface area (TPSA) is 92.7 Å². The average molecular weight is 335 g/mol. The molecule has 0 aliphatic carbocycles. The van der Waals surface area contributed by atoms with Gasteiger partial charge in [-0.15, -0.1) is 11.3 Å². The van der Waals surface area contributed by atoms with Crippen LogP contribution in [0.3, 0.4) is 0 Å². The molecule has 0 aliphatic heterocycles. The molecule has 6 nitrogen and oxygen atoms in total. The maximum atomic E-state index is 12.3. The quantitative estimate of drug-likeness (QED) is 0.704. The van der Waals surface area contributed by atoms with E-state index in [1.807, 2.05) is 13.8 Å². The number of sulfonamides is 1. The van der Waals surface area contributed by atoms with Crippen molar-refractivity contribution in [2.45, 2.75) is 31.6 Å². The van der Waals surface area contributed by atoms with Crippen molar-refractivity contribution in [2.75, 3.05) is 20.3 Å². The summed E-state index contributed by atoms with van der Waals surface area (Å²) in [7, 11) is -2.61. The van der Waals surface area contributed by atoms with E-state index in [9.17, 15) is 18.3 Å². The van der Waals surface area contributed by atoms with E-state index in [1.165, 1.54) is 18.6 Å². The van der Waals surface area contributed by atoms with Gasteiger partial charge in [-0.1, -0.05) is 13.8 Å². The smallest absolute Gasteiger partial charge is 0.349 e. The summed E-state index contributed by atoms with van der Waals surface area (Å²) in [4.78, 5) is 11.5. The number of carbonyl (C=O) groups excluding carboxylic acids is 1. The fourth-order valence-electron chi connectivity index (χ4n) is 1.86. The molecule has 0 bridgehead atoms. The second-order valence-corrected chi connectivity index (χ2v) is 7.45. The first-order chi connectivity index (χ1) is 9.85. The lowest BCUT2D eigenvalue weighted by atomic mass is 9.84. The normalized spacial score (nSPS) is 12.4. The first-order valence-electron chi connectivity index (χ1n) is 6.62. The van der Waals surface area contributed by atoms with E-state index in [1.54, 1.807) is 0 Å². The third-order valence-electron chi connectivity index (χ3n) is 3.76. The van der Waals surface area contributed by atoms with E-state index in [0.29, 0.717) is 12.8 Å². The van der Waals surface area contributed by atoms with E-state index in [-0.39, 0.29) is 22.9 Å². The number of nitrogens with one attached hydrogen (secondary N) is 1. The van der Waals surface area contributed by atoms with Gasteiger partial charge in [0.1, 0.15) is 9.77 Å². The van der Waals surface area contributed by atoms with E-state index in [2.05, 4.69) is 9.46 Å². The van der Waals surface area contributed by atoms with Crippen LogP contribution in [-0.4, -0.2) is 39.8 Å². The number of methoxy groups -OCH3 is 1. The zero-order chi connectivity index (χ0) is 16.1. The number of rotatable bonds is 8. The van der Waals surface area contributed by atoms with Crippen LogP contribution in [0.4, 0.5) is 0 Å². The Balaban J connectivity index is 2.98. The molecule has 21 heavy (non-hydrogen) atoms. The molecule has 2 N–H and O–H groups in total. The number of aliphatic hydroxyl groups excluding tert-OH is 1. The van der Waals surface area contributed by atoms with Crippen LogP contribution in [0.15, 0.2) is 16.3 Å². The van der Waals surface area contributed by atoms with Crippen LogP contribution in [0.25, 0.3) is 0 Å². The molecule has 0 saturated carbocycles. The molecule has 0 spiro atoms. The van der Waals surface area contributed by atoms with Gasteiger partial charge in [-0.05, 0) is 24.3 Å². The van der Waals surface area contributed by atoms with E-state index in [4.69, 9.17) is 0 Å². The first-order valence-corrected chi connectivity index (χ1v) is 8.98. The fraction of sp³-hybridized carbons (Fsp3) is 0.615. The molecule has 1 aromatic heterocycles. The summed E-state index contributed by atoms with van der Waals surface area (Å²) >= 11 is 1.02. The molecule has 0 radical (unpaired) electrons. The van der Waals surface area contributed by atoms with Gasteiger partial charge in [-0.3, -0.25) is 0 Å². The Morgan fingerprint density at radius 1 is 1.43 bits per heavy atom. The fourth-order valence-corrected chi connectivity index (χ4v) is 4.35. The Morgan fingerprint density at radius 3 is 2.52 bits per heavy atom. The molecule has 0 amide bonds. The molecule has 0 aliphatic rings. The van der Waals surface area contributed by atoms with Gasteiger partial charge in [0, 0.05) is 18.6 Å². The van der Waals surface area contributed by atoms with Gasteiger partial charge in [0.15, 0.2) is 0 Å². The molecule has 0 unspecified atom stereocenters. The molecule has 120 valence electrons. The average Bonchev–Trinajstić information content (AvgIpc) is 2.99. The van der Waals surface area contributed by atoms with Crippen LogP contribution < -0.4 is 4.72 Å². The zero-order valence-corrected chi connectivity index (χ0v) is 14.0. The van der Waals surface area contributed by atoms with Gasteiger partial charge in [0.2, 0.25) is 10.0 Å². The number of ether oxygens (including phenoxy) is 1. The molecule has 0 atom stereocenters. The second kappa shape index (κ2) is 7.35. The molecule has 1 rings (SSSR count). The minimum Gasteiger partial charge on any atom is -0.465 e. The van der Waals surface area contributed by atoms with Crippen molar-refractivity contribution in [3.05, 3.63) is 16.3 Å². The molecule has 1 aromatic rings. The van der Waals surface area contributed by atoms with Crippen molar-refractivity contribution in [1.29, 1.82) is 0 Å². The van der Waals surface area contributed by atoms with Crippen LogP contribution in [0, 0.1) is 5.41 Å². The third kappa shape index (κ3) is 4.03. The summed E-state index contributed by atoms with van der Waals surface area (Å²) in [5, 5.41) is 11.0. The van der Waals surface area contributed by atoms with E-state index < -0.39 is 21.4 Å². The lowest BCUT2D eigenvalue weighted by Crippen LogP contribution is -2.39. The van der Waals surface area contributed by atoms with Gasteiger partial charge >= 0.3 is 5.97 Å². The Bertz CT molecular complexity index is 567. The summed E-state index contributed by atoms with van der Waals surface area (Å²) in [6.45, 7) is 3.82. The Hall–Kier alpha value is -0.960. The largest absolute Gasteiger partial charge is 0.465 e. The highest BCUT2D eigenvalue weighted by Crippen LogP contribution is 2.27. The molecule has 0 fully saturated rings. The Kier molecular flexibility index (Phi) is 6.33. The Labute approximate surface area is 129 Å². The van der Waals surface area contributed by atoms with Crippen LogP contribution in [0.1, 0.15) is 36.4 Å². The highest BCUT2D eigenvalue weighted by molar-refractivity contribution is 7.89. The van der Waals surface area contributed by atoms with Gasteiger partial charge in [-0.2, -0.15) is 0 Å². The van der Waals surface area contributed by atoms with Crippen LogP contribution in [0.5, 0.6) is 0 Å². The van der Waals surface area contributed by atoms with Crippen molar-refractivity contribution in [2.24, 2.45) is 5.41 Å². The van der Waals surface area contributed by atoms with Crippen molar-refractivity contribution >= 4 is 27.3 Å². The van der Waals surface area contributed by atoms with Gasteiger partial charge < -0.3 is 9.84 Å². The summed E-state index contributed by atoms with van der Waals surface area (Å²) in [6, 6.07) is 1.37. The predicted octanol–water partition coefficient (Wildman–Crippen LogP) is 1.61. The van der Waals surface area contributed by atoms with Gasteiger partial charge in [-0.25, -0.2) is 17.9 Å². The molecular formula is C13H21NO5S2. The lowest BCUT2D eigenvalue weighted by Gasteiger charge is -2.29. The molecular weight excluding hydrogens is 314 g/mol. The summed E-state index contributed by atoms with van der Waals surface area (Å²) in [5.74, 6) is -0.676. The number of carbonyl (C=O) groups is 1. The molecule has 1 heterocycles. The van der Waals surface area contributed by atoms with Crippen LogP contribution in [0.2, 0.25) is 0 Å². The number of aliphatic hydroxyl groups is 1. The Morgan fingerprint density at radius 2 is 2.05 bits per heavy atom.